The molecule has 3 heterocycles. The predicted octanol–water partition coefficient (Wildman–Crippen LogP) is 2.70. The molecule has 2 amide bonds. The molecule has 1 aromatic carbocycles. The molecule has 1 saturated heterocycles. The van der Waals surface area contributed by atoms with Crippen molar-refractivity contribution in [1.82, 2.24) is 20.8 Å². The minimum Gasteiger partial charge on any atom is -0.369 e. The lowest BCUT2D eigenvalue weighted by molar-refractivity contribution is -0.121. The standard InChI is InChI=1S/C26H29FN6O3/c27-22-5-1-3-19(13-22)8-11-29-25-23(26(35)30-15-20-4-2-10-28-14-20)6-7-24(32-25)33-12-9-21(16-33)17-36-31-18-34/h1-7,10,13-14,18,21H,8-9,11-12,15-17H2,(H,29,32)(H,30,35)(H,31,34)/t21-/m1/s1. The molecule has 0 saturated carbocycles. The van der Waals surface area contributed by atoms with Gasteiger partial charge < -0.3 is 15.5 Å². The Balaban J connectivity index is 1.46. The molecule has 10 heteroatoms. The van der Waals surface area contributed by atoms with Crippen LogP contribution in [-0.4, -0.2) is 48.5 Å². The molecule has 1 fully saturated rings. The SMILES string of the molecule is O=CNOC[C@@H]1CCN(c2ccc(C(=O)NCc3cccnc3)c(NCCc3cccc(F)c3)n2)C1. The number of carbonyl (C=O) groups is 2. The first kappa shape index (κ1) is 25.1. The van der Waals surface area contributed by atoms with Crippen LogP contribution in [0.4, 0.5) is 16.0 Å². The van der Waals surface area contributed by atoms with Crippen LogP contribution < -0.4 is 21.0 Å². The Bertz CT molecular complexity index is 1160. The van der Waals surface area contributed by atoms with E-state index in [2.05, 4.69) is 26.0 Å². The molecule has 36 heavy (non-hydrogen) atoms. The van der Waals surface area contributed by atoms with Crippen molar-refractivity contribution in [2.75, 3.05) is 36.5 Å². The van der Waals surface area contributed by atoms with Gasteiger partial charge in [-0.15, -0.1) is 0 Å². The molecule has 188 valence electrons. The molecule has 3 aromatic rings. The summed E-state index contributed by atoms with van der Waals surface area (Å²) in [7, 11) is 0. The molecule has 0 radical (unpaired) electrons. The maximum absolute atomic E-state index is 13.5. The van der Waals surface area contributed by atoms with Crippen LogP contribution in [0.1, 0.15) is 27.9 Å². The van der Waals surface area contributed by atoms with Crippen LogP contribution in [0.5, 0.6) is 0 Å². The number of hydroxylamine groups is 1. The molecule has 0 spiro atoms. The van der Waals surface area contributed by atoms with E-state index in [0.29, 0.717) is 43.9 Å². The number of halogens is 1. The lowest BCUT2D eigenvalue weighted by atomic mass is 10.1. The van der Waals surface area contributed by atoms with Crippen molar-refractivity contribution in [2.24, 2.45) is 5.92 Å². The van der Waals surface area contributed by atoms with Crippen molar-refractivity contribution < 1.29 is 18.8 Å². The molecule has 0 unspecified atom stereocenters. The summed E-state index contributed by atoms with van der Waals surface area (Å²) < 4.78 is 13.5. The van der Waals surface area contributed by atoms with E-state index < -0.39 is 0 Å². The topological polar surface area (TPSA) is 108 Å². The third kappa shape index (κ3) is 6.98. The zero-order chi connectivity index (χ0) is 25.2. The Labute approximate surface area is 209 Å². The van der Waals surface area contributed by atoms with Gasteiger partial charge in [0.1, 0.15) is 17.5 Å². The number of nitrogens with zero attached hydrogens (tertiary/aromatic N) is 3. The van der Waals surface area contributed by atoms with E-state index >= 15 is 0 Å². The number of anilines is 2. The summed E-state index contributed by atoms with van der Waals surface area (Å²) in [6.45, 7) is 2.76. The molecule has 2 aromatic heterocycles. The normalized spacial score (nSPS) is 14.9. The smallest absolute Gasteiger partial charge is 0.255 e. The third-order valence-corrected chi connectivity index (χ3v) is 5.96. The number of benzene rings is 1. The second-order valence-electron chi connectivity index (χ2n) is 8.56. The Morgan fingerprint density at radius 2 is 2.08 bits per heavy atom. The number of hydrogen-bond acceptors (Lipinski definition) is 7. The number of amides is 2. The highest BCUT2D eigenvalue weighted by Gasteiger charge is 2.25. The van der Waals surface area contributed by atoms with Gasteiger partial charge in [-0.05, 0) is 54.3 Å². The molecule has 1 atom stereocenters. The molecule has 0 bridgehead atoms. The maximum atomic E-state index is 13.5. The highest BCUT2D eigenvalue weighted by atomic mass is 19.1. The van der Waals surface area contributed by atoms with E-state index in [9.17, 15) is 14.0 Å². The van der Waals surface area contributed by atoms with Crippen molar-refractivity contribution in [3.8, 4) is 0 Å². The summed E-state index contributed by atoms with van der Waals surface area (Å²) in [4.78, 5) is 39.5. The molecule has 9 nitrogen and oxygen atoms in total. The number of rotatable bonds is 12. The van der Waals surface area contributed by atoms with Crippen molar-refractivity contribution in [1.29, 1.82) is 0 Å². The minimum atomic E-state index is -0.279. The Hall–Kier alpha value is -4.05. The zero-order valence-electron chi connectivity index (χ0n) is 19.8. The molecule has 4 rings (SSSR count). The summed E-state index contributed by atoms with van der Waals surface area (Å²) in [6.07, 6.45) is 5.37. The molecular weight excluding hydrogens is 463 g/mol. The first-order valence-electron chi connectivity index (χ1n) is 11.8. The van der Waals surface area contributed by atoms with Gasteiger partial charge in [0.05, 0.1) is 12.2 Å². The first-order chi connectivity index (χ1) is 17.6. The summed E-state index contributed by atoms with van der Waals surface area (Å²) in [5, 5.41) is 6.19. The fourth-order valence-corrected chi connectivity index (χ4v) is 4.12. The van der Waals surface area contributed by atoms with Crippen LogP contribution in [0.25, 0.3) is 0 Å². The summed E-state index contributed by atoms with van der Waals surface area (Å²) >= 11 is 0. The van der Waals surface area contributed by atoms with Crippen LogP contribution in [-0.2, 0) is 22.6 Å². The van der Waals surface area contributed by atoms with Gasteiger partial charge in [0.2, 0.25) is 6.41 Å². The Morgan fingerprint density at radius 3 is 2.89 bits per heavy atom. The van der Waals surface area contributed by atoms with Crippen LogP contribution in [0.3, 0.4) is 0 Å². The van der Waals surface area contributed by atoms with E-state index in [0.717, 1.165) is 36.5 Å². The summed E-state index contributed by atoms with van der Waals surface area (Å²) in [5.41, 5.74) is 4.40. The van der Waals surface area contributed by atoms with E-state index in [-0.39, 0.29) is 17.6 Å². The quantitative estimate of drug-likeness (QED) is 0.203. The third-order valence-electron chi connectivity index (χ3n) is 5.96. The second kappa shape index (κ2) is 12.6. The molecule has 1 aliphatic heterocycles. The van der Waals surface area contributed by atoms with E-state index in [1.54, 1.807) is 24.5 Å². The highest BCUT2D eigenvalue weighted by molar-refractivity contribution is 5.99. The average molecular weight is 493 g/mol. The van der Waals surface area contributed by atoms with Crippen molar-refractivity contribution >= 4 is 24.0 Å². The fraction of sp³-hybridized carbons (Fsp3) is 0.308. The maximum Gasteiger partial charge on any atom is 0.255 e. The summed E-state index contributed by atoms with van der Waals surface area (Å²) in [5.74, 6) is 0.941. The summed E-state index contributed by atoms with van der Waals surface area (Å²) in [6, 6.07) is 13.8. The average Bonchev–Trinajstić information content (AvgIpc) is 3.37. The van der Waals surface area contributed by atoms with Crippen molar-refractivity contribution in [2.45, 2.75) is 19.4 Å². The highest BCUT2D eigenvalue weighted by Crippen LogP contribution is 2.25. The monoisotopic (exact) mass is 492 g/mol. The number of carbonyl (C=O) groups excluding carboxylic acids is 2. The van der Waals surface area contributed by atoms with Crippen molar-refractivity contribution in [3.05, 3.63) is 83.4 Å². The second-order valence-corrected chi connectivity index (χ2v) is 8.56. The molecule has 3 N–H and O–H groups in total. The van der Waals surface area contributed by atoms with E-state index in [1.165, 1.54) is 12.1 Å². The van der Waals surface area contributed by atoms with Gasteiger partial charge in [0.25, 0.3) is 5.91 Å². The van der Waals surface area contributed by atoms with Crippen LogP contribution in [0, 0.1) is 11.7 Å². The van der Waals surface area contributed by atoms with Gasteiger partial charge in [-0.3, -0.25) is 19.4 Å². The van der Waals surface area contributed by atoms with Gasteiger partial charge in [-0.25, -0.2) is 14.9 Å². The molecule has 1 aliphatic rings. The fourth-order valence-electron chi connectivity index (χ4n) is 4.12. The van der Waals surface area contributed by atoms with Gasteiger partial charge >= 0.3 is 0 Å². The van der Waals surface area contributed by atoms with E-state index in [4.69, 9.17) is 9.82 Å². The number of nitrogens with one attached hydrogen (secondary N) is 3. The van der Waals surface area contributed by atoms with Gasteiger partial charge in [0, 0.05) is 44.5 Å². The van der Waals surface area contributed by atoms with Gasteiger partial charge in [-0.1, -0.05) is 18.2 Å². The molecular formula is C26H29FN6O3. The first-order valence-corrected chi connectivity index (χ1v) is 11.8. The number of aromatic nitrogens is 2. The predicted molar refractivity (Wildman–Crippen MR) is 134 cm³/mol. The number of hydrogen-bond donors (Lipinski definition) is 3. The van der Waals surface area contributed by atoms with Crippen LogP contribution in [0.15, 0.2) is 60.9 Å². The lowest BCUT2D eigenvalue weighted by Gasteiger charge is -2.20. The van der Waals surface area contributed by atoms with Gasteiger partial charge in [-0.2, -0.15) is 0 Å². The Morgan fingerprint density at radius 1 is 1.19 bits per heavy atom. The van der Waals surface area contributed by atoms with E-state index in [1.807, 2.05) is 24.3 Å². The van der Waals surface area contributed by atoms with Gasteiger partial charge in [0.15, 0.2) is 0 Å². The Kier molecular flexibility index (Phi) is 8.77. The van der Waals surface area contributed by atoms with Crippen LogP contribution >= 0.6 is 0 Å². The zero-order valence-corrected chi connectivity index (χ0v) is 19.8. The lowest BCUT2D eigenvalue weighted by Crippen LogP contribution is -2.27. The number of pyridine rings is 2. The molecule has 0 aliphatic carbocycles. The minimum absolute atomic E-state index is 0.251. The largest absolute Gasteiger partial charge is 0.369 e. The van der Waals surface area contributed by atoms with Crippen molar-refractivity contribution in [3.63, 3.8) is 0 Å². The van der Waals surface area contributed by atoms with Crippen LogP contribution in [0.2, 0.25) is 0 Å².